The van der Waals surface area contributed by atoms with Crippen molar-refractivity contribution in [3.63, 3.8) is 0 Å². The van der Waals surface area contributed by atoms with Crippen molar-refractivity contribution < 1.29 is 13.7 Å². The molecule has 1 aliphatic heterocycles. The number of hydrogen-bond donors (Lipinski definition) is 1. The van der Waals surface area contributed by atoms with E-state index in [0.29, 0.717) is 18.3 Å². The van der Waals surface area contributed by atoms with Crippen LogP contribution in [-0.4, -0.2) is 23.4 Å². The Labute approximate surface area is 140 Å². The second-order valence-electron chi connectivity index (χ2n) is 6.22. The first kappa shape index (κ1) is 15.4. The van der Waals surface area contributed by atoms with Crippen molar-refractivity contribution in [3.05, 3.63) is 47.8 Å². The van der Waals surface area contributed by atoms with Gasteiger partial charge in [-0.15, -0.1) is 0 Å². The zero-order valence-corrected chi connectivity index (χ0v) is 13.7. The van der Waals surface area contributed by atoms with Gasteiger partial charge in [-0.2, -0.15) is 4.98 Å². The predicted octanol–water partition coefficient (Wildman–Crippen LogP) is 3.56. The first-order valence-electron chi connectivity index (χ1n) is 8.41. The Hall–Kier alpha value is -2.18. The van der Waals surface area contributed by atoms with E-state index in [9.17, 15) is 0 Å². The molecule has 0 saturated carbocycles. The number of para-hydroxylation sites is 1. The lowest BCUT2D eigenvalue weighted by Crippen LogP contribution is -2.18. The van der Waals surface area contributed by atoms with E-state index in [0.717, 1.165) is 48.7 Å². The highest BCUT2D eigenvalue weighted by Gasteiger charge is 2.22. The number of hydrogen-bond acceptors (Lipinski definition) is 6. The third kappa shape index (κ3) is 3.20. The quantitative estimate of drug-likeness (QED) is 0.772. The van der Waals surface area contributed by atoms with Gasteiger partial charge in [0.25, 0.3) is 0 Å². The summed E-state index contributed by atoms with van der Waals surface area (Å²) in [5.41, 5.74) is 0.905. The fourth-order valence-corrected chi connectivity index (χ4v) is 3.01. The van der Waals surface area contributed by atoms with E-state index < -0.39 is 0 Å². The molecule has 6 heteroatoms. The summed E-state index contributed by atoms with van der Waals surface area (Å²) < 4.78 is 16.7. The van der Waals surface area contributed by atoms with Crippen LogP contribution in [0.5, 0.6) is 0 Å². The highest BCUT2D eigenvalue weighted by Crippen LogP contribution is 2.26. The minimum atomic E-state index is 0.0717. The fourth-order valence-electron chi connectivity index (χ4n) is 3.01. The zero-order valence-electron chi connectivity index (χ0n) is 13.7. The molecule has 1 fully saturated rings. The average Bonchev–Trinajstić information content (AvgIpc) is 3.27. The Kier molecular flexibility index (Phi) is 4.32. The molecule has 1 atom stereocenters. The first-order valence-corrected chi connectivity index (χ1v) is 8.41. The van der Waals surface area contributed by atoms with Crippen LogP contribution in [0.1, 0.15) is 49.2 Å². The van der Waals surface area contributed by atoms with Gasteiger partial charge in [-0.25, -0.2) is 0 Å². The Morgan fingerprint density at radius 3 is 2.92 bits per heavy atom. The largest absolute Gasteiger partial charge is 0.459 e. The van der Waals surface area contributed by atoms with E-state index in [2.05, 4.69) is 34.5 Å². The third-order valence-corrected chi connectivity index (χ3v) is 4.49. The van der Waals surface area contributed by atoms with E-state index in [-0.39, 0.29) is 6.04 Å². The van der Waals surface area contributed by atoms with Gasteiger partial charge in [0.15, 0.2) is 5.82 Å². The summed E-state index contributed by atoms with van der Waals surface area (Å²) in [5.74, 6) is 2.64. The molecule has 1 aliphatic rings. The molecule has 0 spiro atoms. The highest BCUT2D eigenvalue weighted by molar-refractivity contribution is 5.77. The molecule has 0 aliphatic carbocycles. The Morgan fingerprint density at radius 2 is 2.08 bits per heavy atom. The molecule has 0 amide bonds. The van der Waals surface area contributed by atoms with Crippen molar-refractivity contribution in [2.24, 2.45) is 0 Å². The van der Waals surface area contributed by atoms with E-state index >= 15 is 0 Å². The summed E-state index contributed by atoms with van der Waals surface area (Å²) in [6.45, 7) is 4.15. The minimum absolute atomic E-state index is 0.0717. The normalized spacial score (nSPS) is 17.4. The molecule has 3 aromatic rings. The van der Waals surface area contributed by atoms with Crippen molar-refractivity contribution in [3.8, 4) is 0 Å². The number of fused-ring (bicyclic) bond motifs is 1. The van der Waals surface area contributed by atoms with Gasteiger partial charge in [0.1, 0.15) is 11.3 Å². The lowest BCUT2D eigenvalue weighted by molar-refractivity contribution is 0.0778. The summed E-state index contributed by atoms with van der Waals surface area (Å²) in [6.07, 6.45) is 1.90. The molecular weight excluding hydrogens is 306 g/mol. The van der Waals surface area contributed by atoms with E-state index in [1.54, 1.807) is 0 Å². The molecule has 24 heavy (non-hydrogen) atoms. The molecule has 0 bridgehead atoms. The third-order valence-electron chi connectivity index (χ3n) is 4.49. The van der Waals surface area contributed by atoms with Gasteiger partial charge < -0.3 is 19.0 Å². The van der Waals surface area contributed by atoms with Crippen LogP contribution in [0.25, 0.3) is 11.0 Å². The number of rotatable bonds is 5. The Bertz CT molecular complexity index is 772. The van der Waals surface area contributed by atoms with Gasteiger partial charge in [0.2, 0.25) is 5.89 Å². The van der Waals surface area contributed by atoms with Gasteiger partial charge in [0.05, 0.1) is 12.6 Å². The van der Waals surface area contributed by atoms with Crippen LogP contribution >= 0.6 is 0 Å². The number of benzene rings is 1. The van der Waals surface area contributed by atoms with Gasteiger partial charge in [-0.3, -0.25) is 0 Å². The van der Waals surface area contributed by atoms with Crippen molar-refractivity contribution in [1.29, 1.82) is 0 Å². The number of aromatic nitrogens is 2. The average molecular weight is 327 g/mol. The van der Waals surface area contributed by atoms with Gasteiger partial charge in [0, 0.05) is 24.5 Å². The Morgan fingerprint density at radius 1 is 1.25 bits per heavy atom. The lowest BCUT2D eigenvalue weighted by atomic mass is 10.0. The summed E-state index contributed by atoms with van der Waals surface area (Å²) in [7, 11) is 0. The smallest absolute Gasteiger partial charge is 0.229 e. The van der Waals surface area contributed by atoms with Crippen LogP contribution in [0.15, 0.2) is 39.3 Å². The molecule has 0 unspecified atom stereocenters. The van der Waals surface area contributed by atoms with Crippen molar-refractivity contribution in [2.45, 2.75) is 38.3 Å². The van der Waals surface area contributed by atoms with Crippen LogP contribution in [0.2, 0.25) is 0 Å². The molecule has 4 rings (SSSR count). The maximum atomic E-state index is 5.88. The van der Waals surface area contributed by atoms with Crippen molar-refractivity contribution in [2.75, 3.05) is 13.2 Å². The summed E-state index contributed by atoms with van der Waals surface area (Å²) in [6, 6.07) is 10.2. The van der Waals surface area contributed by atoms with Crippen molar-refractivity contribution >= 4 is 11.0 Å². The summed E-state index contributed by atoms with van der Waals surface area (Å²) in [5, 5.41) is 8.58. The fraction of sp³-hybridized carbons (Fsp3) is 0.444. The van der Waals surface area contributed by atoms with Crippen LogP contribution in [-0.2, 0) is 11.3 Å². The summed E-state index contributed by atoms with van der Waals surface area (Å²) >= 11 is 0. The number of ether oxygens (including phenoxy) is 1. The second-order valence-corrected chi connectivity index (χ2v) is 6.22. The van der Waals surface area contributed by atoms with E-state index in [4.69, 9.17) is 13.7 Å². The van der Waals surface area contributed by atoms with E-state index in [1.165, 1.54) is 0 Å². The maximum Gasteiger partial charge on any atom is 0.229 e. The molecular formula is C18H21N3O3. The molecule has 2 aromatic heterocycles. The molecule has 0 radical (unpaired) electrons. The minimum Gasteiger partial charge on any atom is -0.459 e. The molecule has 6 nitrogen and oxygen atoms in total. The maximum absolute atomic E-state index is 5.88. The lowest BCUT2D eigenvalue weighted by Gasteiger charge is -2.17. The van der Waals surface area contributed by atoms with Gasteiger partial charge in [-0.05, 0) is 31.9 Å². The zero-order chi connectivity index (χ0) is 16.4. The van der Waals surface area contributed by atoms with E-state index in [1.807, 2.05) is 18.2 Å². The van der Waals surface area contributed by atoms with Crippen LogP contribution in [0, 0.1) is 0 Å². The predicted molar refractivity (Wildman–Crippen MR) is 88.6 cm³/mol. The van der Waals surface area contributed by atoms with Crippen molar-refractivity contribution in [1.82, 2.24) is 15.5 Å². The Balaban J connectivity index is 1.38. The highest BCUT2D eigenvalue weighted by atomic mass is 16.5. The second kappa shape index (κ2) is 6.75. The monoisotopic (exact) mass is 327 g/mol. The molecule has 126 valence electrons. The SMILES string of the molecule is C[C@H](NCc1noc(C2CCOCC2)n1)c1cc2ccccc2o1. The van der Waals surface area contributed by atoms with Crippen LogP contribution in [0.3, 0.4) is 0 Å². The molecule has 1 aromatic carbocycles. The van der Waals surface area contributed by atoms with Crippen LogP contribution in [0.4, 0.5) is 0 Å². The number of nitrogens with one attached hydrogen (secondary N) is 1. The summed E-state index contributed by atoms with van der Waals surface area (Å²) in [4.78, 5) is 4.52. The number of nitrogens with zero attached hydrogens (tertiary/aromatic N) is 2. The standard InChI is InChI=1S/C18H21N3O3/c1-12(16-10-14-4-2-3-5-15(14)23-16)19-11-17-20-18(24-21-17)13-6-8-22-9-7-13/h2-5,10,12-13,19H,6-9,11H2,1H3/t12-/m0/s1. The molecule has 3 heterocycles. The number of furan rings is 1. The topological polar surface area (TPSA) is 73.3 Å². The first-order chi connectivity index (χ1) is 11.8. The molecule has 1 saturated heterocycles. The molecule has 1 N–H and O–H groups in total. The van der Waals surface area contributed by atoms with Gasteiger partial charge >= 0.3 is 0 Å². The van der Waals surface area contributed by atoms with Crippen LogP contribution < -0.4 is 5.32 Å². The van der Waals surface area contributed by atoms with Gasteiger partial charge in [-0.1, -0.05) is 23.4 Å².